The van der Waals surface area contributed by atoms with E-state index in [0.29, 0.717) is 5.15 Å². The second-order valence-corrected chi connectivity index (χ2v) is 3.90. The average molecular weight is 229 g/mol. The van der Waals surface area contributed by atoms with Gasteiger partial charge in [0.1, 0.15) is 5.15 Å². The number of aliphatic hydroxyl groups is 1. The number of hydrogen-bond donors (Lipinski definition) is 2. The molecule has 3 nitrogen and oxygen atoms in total. The predicted octanol–water partition coefficient (Wildman–Crippen LogP) is 1.99. The van der Waals surface area contributed by atoms with Crippen LogP contribution in [0.4, 0.5) is 0 Å². The van der Waals surface area contributed by atoms with Gasteiger partial charge in [-0.2, -0.15) is 0 Å². The smallest absolute Gasteiger partial charge is 0.129 e. The molecule has 84 valence electrons. The first-order chi connectivity index (χ1) is 7.22. The van der Waals surface area contributed by atoms with Gasteiger partial charge in [0.05, 0.1) is 6.10 Å². The zero-order valence-electron chi connectivity index (χ0n) is 8.91. The van der Waals surface area contributed by atoms with Crippen molar-refractivity contribution < 1.29 is 5.11 Å². The van der Waals surface area contributed by atoms with Crippen LogP contribution >= 0.6 is 11.6 Å². The number of nitrogens with zero attached hydrogens (tertiary/aromatic N) is 1. The van der Waals surface area contributed by atoms with Crippen molar-refractivity contribution in [1.29, 1.82) is 0 Å². The Morgan fingerprint density at radius 1 is 1.53 bits per heavy atom. The second-order valence-electron chi connectivity index (χ2n) is 3.52. The summed E-state index contributed by atoms with van der Waals surface area (Å²) in [5.41, 5.74) is 1.10. The van der Waals surface area contributed by atoms with Gasteiger partial charge in [0.2, 0.25) is 0 Å². The van der Waals surface area contributed by atoms with E-state index in [1.807, 2.05) is 13.0 Å². The summed E-state index contributed by atoms with van der Waals surface area (Å²) in [5, 5.41) is 13.1. The van der Waals surface area contributed by atoms with Crippen LogP contribution in [0.1, 0.15) is 25.3 Å². The molecule has 4 heteroatoms. The van der Waals surface area contributed by atoms with E-state index in [2.05, 4.69) is 10.3 Å². The standard InChI is InChI=1S/C11H17ClN2O/c1-2-10(15)5-6-13-7-9-3-4-11(12)14-8-9/h3-4,8,10,13,15H,2,5-7H2,1H3. The van der Waals surface area contributed by atoms with Crippen molar-refractivity contribution in [2.45, 2.75) is 32.4 Å². The van der Waals surface area contributed by atoms with Crippen LogP contribution in [0, 0.1) is 0 Å². The first kappa shape index (κ1) is 12.4. The molecule has 1 atom stereocenters. The van der Waals surface area contributed by atoms with Gasteiger partial charge >= 0.3 is 0 Å². The second kappa shape index (κ2) is 6.77. The molecule has 1 rings (SSSR count). The Labute approximate surface area is 95.5 Å². The Hall–Kier alpha value is -0.640. The minimum absolute atomic E-state index is 0.194. The summed E-state index contributed by atoms with van der Waals surface area (Å²) in [6, 6.07) is 3.72. The Kier molecular flexibility index (Phi) is 5.61. The van der Waals surface area contributed by atoms with Crippen LogP contribution in [0.15, 0.2) is 18.3 Å². The molecule has 0 fully saturated rings. The highest BCUT2D eigenvalue weighted by molar-refractivity contribution is 6.29. The van der Waals surface area contributed by atoms with Crippen molar-refractivity contribution in [3.05, 3.63) is 29.0 Å². The average Bonchev–Trinajstić information content (AvgIpc) is 2.26. The Morgan fingerprint density at radius 3 is 2.93 bits per heavy atom. The molecule has 0 aliphatic heterocycles. The van der Waals surface area contributed by atoms with Crippen molar-refractivity contribution in [2.75, 3.05) is 6.54 Å². The van der Waals surface area contributed by atoms with Gasteiger partial charge in [0.25, 0.3) is 0 Å². The molecule has 0 spiro atoms. The van der Waals surface area contributed by atoms with Gasteiger partial charge in [-0.1, -0.05) is 24.6 Å². The summed E-state index contributed by atoms with van der Waals surface area (Å²) in [6.45, 7) is 3.56. The Bertz CT molecular complexity index is 276. The zero-order valence-corrected chi connectivity index (χ0v) is 9.67. The number of aromatic nitrogens is 1. The lowest BCUT2D eigenvalue weighted by Gasteiger charge is -2.08. The Balaban J connectivity index is 2.17. The van der Waals surface area contributed by atoms with E-state index in [1.54, 1.807) is 12.3 Å². The molecule has 0 aromatic carbocycles. The first-order valence-corrected chi connectivity index (χ1v) is 5.59. The molecule has 0 saturated heterocycles. The van der Waals surface area contributed by atoms with E-state index >= 15 is 0 Å². The van der Waals surface area contributed by atoms with Gasteiger partial charge in [-0.3, -0.25) is 0 Å². The predicted molar refractivity (Wildman–Crippen MR) is 61.9 cm³/mol. The van der Waals surface area contributed by atoms with Crippen LogP contribution in [0.2, 0.25) is 5.15 Å². The topological polar surface area (TPSA) is 45.1 Å². The van der Waals surface area contributed by atoms with E-state index < -0.39 is 0 Å². The van der Waals surface area contributed by atoms with E-state index in [9.17, 15) is 5.11 Å². The van der Waals surface area contributed by atoms with Gasteiger partial charge in [-0.15, -0.1) is 0 Å². The molecular weight excluding hydrogens is 212 g/mol. The van der Waals surface area contributed by atoms with Crippen LogP contribution in [0.5, 0.6) is 0 Å². The van der Waals surface area contributed by atoms with Gasteiger partial charge in [0, 0.05) is 12.7 Å². The molecule has 1 unspecified atom stereocenters. The van der Waals surface area contributed by atoms with Crippen LogP contribution < -0.4 is 5.32 Å². The number of aliphatic hydroxyl groups excluding tert-OH is 1. The van der Waals surface area contributed by atoms with Crippen molar-refractivity contribution in [1.82, 2.24) is 10.3 Å². The lowest BCUT2D eigenvalue weighted by molar-refractivity contribution is 0.159. The van der Waals surface area contributed by atoms with Crippen molar-refractivity contribution in [3.63, 3.8) is 0 Å². The van der Waals surface area contributed by atoms with Crippen LogP contribution in [-0.4, -0.2) is 22.7 Å². The molecule has 2 N–H and O–H groups in total. The zero-order chi connectivity index (χ0) is 11.1. The van der Waals surface area contributed by atoms with Crippen LogP contribution in [0.25, 0.3) is 0 Å². The van der Waals surface area contributed by atoms with Crippen LogP contribution in [-0.2, 0) is 6.54 Å². The third-order valence-electron chi connectivity index (χ3n) is 2.24. The maximum absolute atomic E-state index is 9.32. The number of hydrogen-bond acceptors (Lipinski definition) is 3. The maximum atomic E-state index is 9.32. The van der Waals surface area contributed by atoms with Gasteiger partial charge in [-0.25, -0.2) is 4.98 Å². The highest BCUT2D eigenvalue weighted by Gasteiger charge is 1.99. The normalized spacial score (nSPS) is 12.7. The fourth-order valence-corrected chi connectivity index (χ4v) is 1.33. The van der Waals surface area contributed by atoms with E-state index in [-0.39, 0.29) is 6.10 Å². The molecule has 1 aromatic heterocycles. The number of rotatable bonds is 6. The molecule has 0 aliphatic rings. The van der Waals surface area contributed by atoms with Gasteiger partial charge in [0.15, 0.2) is 0 Å². The first-order valence-electron chi connectivity index (χ1n) is 5.21. The number of pyridine rings is 1. The van der Waals surface area contributed by atoms with E-state index in [1.165, 1.54) is 0 Å². The molecular formula is C11H17ClN2O. The molecule has 0 bridgehead atoms. The lowest BCUT2D eigenvalue weighted by Crippen LogP contribution is -2.19. The summed E-state index contributed by atoms with van der Waals surface area (Å²) in [5.74, 6) is 0. The third kappa shape index (κ3) is 5.11. The minimum atomic E-state index is -0.194. The molecule has 15 heavy (non-hydrogen) atoms. The molecule has 0 radical (unpaired) electrons. The molecule has 0 aliphatic carbocycles. The SMILES string of the molecule is CCC(O)CCNCc1ccc(Cl)nc1. The van der Waals surface area contributed by atoms with Gasteiger partial charge < -0.3 is 10.4 Å². The maximum Gasteiger partial charge on any atom is 0.129 e. The number of halogens is 1. The summed E-state index contributed by atoms with van der Waals surface area (Å²) in [4.78, 5) is 3.99. The molecule has 0 saturated carbocycles. The monoisotopic (exact) mass is 228 g/mol. The summed E-state index contributed by atoms with van der Waals surface area (Å²) in [6.07, 6.45) is 3.16. The fraction of sp³-hybridized carbons (Fsp3) is 0.545. The molecule has 1 heterocycles. The van der Waals surface area contributed by atoms with Crippen molar-refractivity contribution in [3.8, 4) is 0 Å². The molecule has 0 amide bonds. The summed E-state index contributed by atoms with van der Waals surface area (Å²) < 4.78 is 0. The van der Waals surface area contributed by atoms with Crippen molar-refractivity contribution in [2.24, 2.45) is 0 Å². The Morgan fingerprint density at radius 2 is 2.33 bits per heavy atom. The third-order valence-corrected chi connectivity index (χ3v) is 2.47. The number of nitrogens with one attached hydrogen (secondary N) is 1. The fourth-order valence-electron chi connectivity index (χ4n) is 1.22. The minimum Gasteiger partial charge on any atom is -0.393 e. The van der Waals surface area contributed by atoms with Gasteiger partial charge in [-0.05, 0) is 31.0 Å². The summed E-state index contributed by atoms with van der Waals surface area (Å²) in [7, 11) is 0. The quantitative estimate of drug-likeness (QED) is 0.578. The highest BCUT2D eigenvalue weighted by atomic mass is 35.5. The largest absolute Gasteiger partial charge is 0.393 e. The summed E-state index contributed by atoms with van der Waals surface area (Å²) >= 11 is 5.67. The van der Waals surface area contributed by atoms with Crippen molar-refractivity contribution >= 4 is 11.6 Å². The van der Waals surface area contributed by atoms with E-state index in [0.717, 1.165) is 31.5 Å². The highest BCUT2D eigenvalue weighted by Crippen LogP contribution is 2.04. The molecule has 1 aromatic rings. The van der Waals surface area contributed by atoms with E-state index in [4.69, 9.17) is 11.6 Å². The lowest BCUT2D eigenvalue weighted by atomic mass is 10.2. The van der Waals surface area contributed by atoms with Crippen LogP contribution in [0.3, 0.4) is 0 Å².